The summed E-state index contributed by atoms with van der Waals surface area (Å²) in [5.41, 5.74) is 9.11. The van der Waals surface area contributed by atoms with Crippen molar-refractivity contribution in [1.29, 1.82) is 0 Å². The van der Waals surface area contributed by atoms with Crippen molar-refractivity contribution in [3.63, 3.8) is 0 Å². The highest BCUT2D eigenvalue weighted by Gasteiger charge is 2.19. The summed E-state index contributed by atoms with van der Waals surface area (Å²) >= 11 is 0. The van der Waals surface area contributed by atoms with Gasteiger partial charge in [0.05, 0.1) is 0 Å². The standard InChI is InChI=1S/C11H14N4O2S/c1-2-3-9-15(18(16,17)14-13-12)10-11-7-5-4-6-8-11/h2,4-8H,1,3,9-10H2. The molecule has 0 radical (unpaired) electrons. The maximum Gasteiger partial charge on any atom is 0.302 e. The van der Waals surface area contributed by atoms with Gasteiger partial charge in [-0.3, -0.25) is 0 Å². The molecule has 0 unspecified atom stereocenters. The highest BCUT2D eigenvalue weighted by Crippen LogP contribution is 2.11. The molecule has 0 fully saturated rings. The molecule has 0 atom stereocenters. The molecule has 1 aromatic carbocycles. The SMILES string of the molecule is C=CCCN(Cc1ccccc1)S(=O)(=O)N=[N+]=[N-]. The van der Waals surface area contributed by atoms with Crippen molar-refractivity contribution in [1.82, 2.24) is 4.31 Å². The van der Waals surface area contributed by atoms with Gasteiger partial charge < -0.3 is 0 Å². The normalized spacial score (nSPS) is 10.9. The smallest absolute Gasteiger partial charge is 0.204 e. The third-order valence-electron chi connectivity index (χ3n) is 2.25. The Bertz CT molecular complexity index is 535. The Balaban J connectivity index is 2.92. The Morgan fingerprint density at radius 3 is 2.61 bits per heavy atom. The molecule has 7 heteroatoms. The van der Waals surface area contributed by atoms with E-state index in [1.807, 2.05) is 30.3 Å². The van der Waals surface area contributed by atoms with E-state index in [9.17, 15) is 8.42 Å². The van der Waals surface area contributed by atoms with E-state index in [2.05, 4.69) is 16.0 Å². The first-order valence-electron chi connectivity index (χ1n) is 5.31. The van der Waals surface area contributed by atoms with Crippen molar-refractivity contribution in [2.75, 3.05) is 6.54 Å². The van der Waals surface area contributed by atoms with Gasteiger partial charge in [-0.1, -0.05) is 36.4 Å². The lowest BCUT2D eigenvalue weighted by Gasteiger charge is -2.18. The Morgan fingerprint density at radius 1 is 1.39 bits per heavy atom. The Morgan fingerprint density at radius 2 is 2.06 bits per heavy atom. The Labute approximate surface area is 106 Å². The zero-order chi connectivity index (χ0) is 13.4. The average Bonchev–Trinajstić information content (AvgIpc) is 2.35. The van der Waals surface area contributed by atoms with Crippen LogP contribution in [0.2, 0.25) is 0 Å². The summed E-state index contributed by atoms with van der Waals surface area (Å²) in [5.74, 6) is 0. The molecule has 6 nitrogen and oxygen atoms in total. The molecule has 1 rings (SSSR count). The van der Waals surface area contributed by atoms with Gasteiger partial charge in [0, 0.05) is 22.5 Å². The molecule has 0 bridgehead atoms. The molecule has 0 saturated heterocycles. The fourth-order valence-corrected chi connectivity index (χ4v) is 2.24. The first-order chi connectivity index (χ1) is 8.60. The second-order valence-corrected chi connectivity index (χ2v) is 5.12. The summed E-state index contributed by atoms with van der Waals surface area (Å²) in [6.07, 6.45) is 2.11. The van der Waals surface area contributed by atoms with Crippen LogP contribution in [-0.4, -0.2) is 19.3 Å². The summed E-state index contributed by atoms with van der Waals surface area (Å²) in [6.45, 7) is 3.96. The number of benzene rings is 1. The van der Waals surface area contributed by atoms with Crippen molar-refractivity contribution in [3.05, 3.63) is 59.0 Å². The van der Waals surface area contributed by atoms with Crippen molar-refractivity contribution >= 4 is 10.2 Å². The lowest BCUT2D eigenvalue weighted by Crippen LogP contribution is -2.29. The topological polar surface area (TPSA) is 86.1 Å². The number of hydrogen-bond acceptors (Lipinski definition) is 2. The van der Waals surface area contributed by atoms with Crippen molar-refractivity contribution in [2.24, 2.45) is 4.52 Å². The number of rotatable bonds is 7. The maximum absolute atomic E-state index is 11.7. The van der Waals surface area contributed by atoms with Crippen LogP contribution >= 0.6 is 0 Å². The van der Waals surface area contributed by atoms with Crippen LogP contribution in [-0.2, 0) is 16.8 Å². The monoisotopic (exact) mass is 266 g/mol. The third-order valence-corrected chi connectivity index (χ3v) is 3.49. The first kappa shape index (κ1) is 14.2. The van der Waals surface area contributed by atoms with Crippen LogP contribution in [0.4, 0.5) is 0 Å². The molecule has 18 heavy (non-hydrogen) atoms. The zero-order valence-corrected chi connectivity index (χ0v) is 10.6. The van der Waals surface area contributed by atoms with Crippen LogP contribution in [0.5, 0.6) is 0 Å². The minimum atomic E-state index is -3.95. The summed E-state index contributed by atoms with van der Waals surface area (Å²) in [5, 5.41) is 0. The minimum absolute atomic E-state index is 0.177. The van der Waals surface area contributed by atoms with Crippen LogP contribution in [0.25, 0.3) is 10.4 Å². The van der Waals surface area contributed by atoms with Gasteiger partial charge >= 0.3 is 10.2 Å². The van der Waals surface area contributed by atoms with E-state index in [4.69, 9.17) is 5.53 Å². The lowest BCUT2D eigenvalue weighted by atomic mass is 10.2. The molecule has 0 aromatic heterocycles. The Hall–Kier alpha value is -1.82. The molecule has 0 aliphatic rings. The predicted molar refractivity (Wildman–Crippen MR) is 69.7 cm³/mol. The summed E-state index contributed by atoms with van der Waals surface area (Å²) in [7, 11) is -3.95. The van der Waals surface area contributed by atoms with Gasteiger partial charge in [0.25, 0.3) is 0 Å². The van der Waals surface area contributed by atoms with Crippen molar-refractivity contribution in [2.45, 2.75) is 13.0 Å². The molecule has 0 spiro atoms. The van der Waals surface area contributed by atoms with E-state index < -0.39 is 10.2 Å². The molecular weight excluding hydrogens is 252 g/mol. The van der Waals surface area contributed by atoms with Gasteiger partial charge in [-0.2, -0.15) is 4.31 Å². The van der Waals surface area contributed by atoms with Crippen molar-refractivity contribution < 1.29 is 8.42 Å². The van der Waals surface area contributed by atoms with Crippen LogP contribution in [0.1, 0.15) is 12.0 Å². The number of azide groups is 1. The van der Waals surface area contributed by atoms with E-state index in [1.54, 1.807) is 6.08 Å². The average molecular weight is 266 g/mol. The highest BCUT2D eigenvalue weighted by atomic mass is 32.2. The number of hydrogen-bond donors (Lipinski definition) is 0. The Kier molecular flexibility index (Phi) is 5.38. The second kappa shape index (κ2) is 6.80. The van der Waals surface area contributed by atoms with E-state index in [1.165, 1.54) is 0 Å². The predicted octanol–water partition coefficient (Wildman–Crippen LogP) is 2.62. The van der Waals surface area contributed by atoms with Gasteiger partial charge in [0.15, 0.2) is 0 Å². The van der Waals surface area contributed by atoms with E-state index >= 15 is 0 Å². The highest BCUT2D eigenvalue weighted by molar-refractivity contribution is 7.87. The van der Waals surface area contributed by atoms with Gasteiger partial charge in [-0.05, 0) is 17.5 Å². The first-order valence-corrected chi connectivity index (χ1v) is 6.71. The third kappa shape index (κ3) is 4.21. The summed E-state index contributed by atoms with van der Waals surface area (Å²) in [6, 6.07) is 9.11. The quantitative estimate of drug-likeness (QED) is 0.329. The molecule has 0 amide bonds. The maximum atomic E-state index is 11.7. The zero-order valence-electron chi connectivity index (χ0n) is 9.81. The van der Waals surface area contributed by atoms with Crippen LogP contribution in [0.15, 0.2) is 47.5 Å². The summed E-state index contributed by atoms with van der Waals surface area (Å²) in [4.78, 5) is 2.35. The van der Waals surface area contributed by atoms with Gasteiger partial charge in [0.1, 0.15) is 0 Å². The molecule has 96 valence electrons. The number of nitrogens with zero attached hydrogens (tertiary/aromatic N) is 4. The van der Waals surface area contributed by atoms with E-state index in [-0.39, 0.29) is 13.1 Å². The van der Waals surface area contributed by atoms with E-state index in [0.717, 1.165) is 9.87 Å². The molecule has 0 heterocycles. The van der Waals surface area contributed by atoms with Gasteiger partial charge in [0.2, 0.25) is 0 Å². The fraction of sp³-hybridized carbons (Fsp3) is 0.273. The van der Waals surface area contributed by atoms with Gasteiger partial charge in [-0.25, -0.2) is 8.42 Å². The second-order valence-electron chi connectivity index (χ2n) is 3.55. The minimum Gasteiger partial charge on any atom is -0.204 e. The molecule has 0 aliphatic carbocycles. The van der Waals surface area contributed by atoms with Crippen LogP contribution in [0, 0.1) is 0 Å². The van der Waals surface area contributed by atoms with Crippen LogP contribution < -0.4 is 0 Å². The van der Waals surface area contributed by atoms with Crippen molar-refractivity contribution in [3.8, 4) is 0 Å². The molecule has 0 saturated carbocycles. The molecule has 0 N–H and O–H groups in total. The van der Waals surface area contributed by atoms with E-state index in [0.29, 0.717) is 6.42 Å². The van der Waals surface area contributed by atoms with Crippen LogP contribution in [0.3, 0.4) is 0 Å². The largest absolute Gasteiger partial charge is 0.302 e. The van der Waals surface area contributed by atoms with Gasteiger partial charge in [-0.15, -0.1) is 6.58 Å². The fourth-order valence-electron chi connectivity index (χ4n) is 1.40. The lowest BCUT2D eigenvalue weighted by molar-refractivity contribution is 0.413. The summed E-state index contributed by atoms with van der Waals surface area (Å²) < 4.78 is 27.4. The molecule has 0 aliphatic heterocycles. The molecular formula is C11H14N4O2S. The molecule has 1 aromatic rings.